The second-order valence-corrected chi connectivity index (χ2v) is 17.2. The summed E-state index contributed by atoms with van der Waals surface area (Å²) in [6.45, 7) is 12.6. The van der Waals surface area contributed by atoms with Crippen molar-refractivity contribution in [3.8, 4) is 0 Å². The van der Waals surface area contributed by atoms with E-state index in [1.54, 1.807) is 32.1 Å². The summed E-state index contributed by atoms with van der Waals surface area (Å²) >= 11 is 2.62. The number of hydrogen-bond acceptors (Lipinski definition) is 13. The van der Waals surface area contributed by atoms with Gasteiger partial charge in [-0.2, -0.15) is 0 Å². The first-order chi connectivity index (χ1) is 26.7. The predicted octanol–water partition coefficient (Wildman–Crippen LogP) is 3.33. The third-order valence-electron chi connectivity index (χ3n) is 9.68. The summed E-state index contributed by atoms with van der Waals surface area (Å²) in [6, 6.07) is -2.54. The quantitative estimate of drug-likeness (QED) is 0.133. The lowest BCUT2D eigenvalue weighted by Crippen LogP contribution is -2.49. The number of carboxylic acids is 2. The Hall–Kier alpha value is -3.87. The van der Waals surface area contributed by atoms with Crippen molar-refractivity contribution in [3.63, 3.8) is 0 Å². The maximum absolute atomic E-state index is 13.7. The fraction of sp³-hybridized carbons (Fsp3) is 0.692. The molecular formula is C39H63N5O11S2. The smallest absolute Gasteiger partial charge is 0.322 e. The Morgan fingerprint density at radius 1 is 1.12 bits per heavy atom. The van der Waals surface area contributed by atoms with E-state index in [1.165, 1.54) is 0 Å². The van der Waals surface area contributed by atoms with Crippen LogP contribution in [0.3, 0.4) is 0 Å². The van der Waals surface area contributed by atoms with Gasteiger partial charge in [0.1, 0.15) is 30.5 Å². The van der Waals surface area contributed by atoms with Crippen LogP contribution in [0.25, 0.3) is 6.08 Å². The number of nitrogens with one attached hydrogen (secondary N) is 3. The number of ketones is 1. The molecule has 1 aromatic heterocycles. The molecule has 6 unspecified atom stereocenters. The van der Waals surface area contributed by atoms with Crippen molar-refractivity contribution in [1.82, 2.24) is 20.9 Å². The van der Waals surface area contributed by atoms with Crippen molar-refractivity contribution in [3.05, 3.63) is 22.2 Å². The van der Waals surface area contributed by atoms with Crippen molar-refractivity contribution in [2.75, 3.05) is 24.6 Å². The molecular weight excluding hydrogens is 779 g/mol. The summed E-state index contributed by atoms with van der Waals surface area (Å²) in [4.78, 5) is 90.5. The molecule has 0 radical (unpaired) electrons. The highest BCUT2D eigenvalue weighted by atomic mass is 32.2. The van der Waals surface area contributed by atoms with Crippen molar-refractivity contribution in [2.45, 2.75) is 124 Å². The number of aliphatic hydroxyl groups is 1. The number of carboxylic acid groups (broad SMARTS) is 2. The van der Waals surface area contributed by atoms with E-state index in [2.05, 4.69) is 33.2 Å². The van der Waals surface area contributed by atoms with Gasteiger partial charge in [-0.3, -0.25) is 33.6 Å². The summed E-state index contributed by atoms with van der Waals surface area (Å²) in [7, 11) is 0. The van der Waals surface area contributed by atoms with Gasteiger partial charge in [-0.25, -0.2) is 4.98 Å². The monoisotopic (exact) mass is 841 g/mol. The molecule has 16 nitrogen and oxygen atoms in total. The first kappa shape index (κ1) is 51.1. The van der Waals surface area contributed by atoms with Gasteiger partial charge >= 0.3 is 17.9 Å². The SMILES string of the molecule is C/C=C\c1csc(C)n1.CC1CCCNC(=O)CC(O)C(C)(C)C(=O)C(C)[C@@H](OC(=O)CSCC(NC(=O)CCC(N)C(=O)O)C(=O)NCC(=O)O)C(C)CCC1. The Morgan fingerprint density at radius 2 is 1.79 bits per heavy atom. The maximum atomic E-state index is 13.7. The molecule has 0 bridgehead atoms. The van der Waals surface area contributed by atoms with Crippen LogP contribution in [0.1, 0.15) is 104 Å². The van der Waals surface area contributed by atoms with Crippen molar-refractivity contribution >= 4 is 70.6 Å². The number of ether oxygens (including phenoxy) is 1. The number of carbonyl (C=O) groups excluding carboxylic acids is 5. The number of thiazole rings is 1. The molecule has 0 saturated carbocycles. The third kappa shape index (κ3) is 19.9. The number of rotatable bonds is 14. The number of aromatic nitrogens is 1. The number of aliphatic carboxylic acids is 2. The maximum Gasteiger partial charge on any atom is 0.322 e. The van der Waals surface area contributed by atoms with Crippen LogP contribution < -0.4 is 21.7 Å². The minimum absolute atomic E-state index is 0.148. The lowest BCUT2D eigenvalue weighted by atomic mass is 9.72. The van der Waals surface area contributed by atoms with Gasteiger partial charge in [0, 0.05) is 24.1 Å². The Labute approximate surface area is 343 Å². The number of carbonyl (C=O) groups is 7. The lowest BCUT2D eigenvalue weighted by Gasteiger charge is -2.36. The van der Waals surface area contributed by atoms with E-state index < -0.39 is 71.9 Å². The van der Waals surface area contributed by atoms with Crippen LogP contribution in [0.2, 0.25) is 0 Å². The number of allylic oxidation sites excluding steroid dienone is 1. The molecule has 18 heteroatoms. The Bertz CT molecular complexity index is 1520. The molecule has 57 heavy (non-hydrogen) atoms. The van der Waals surface area contributed by atoms with Crippen molar-refractivity contribution < 1.29 is 53.6 Å². The second kappa shape index (κ2) is 26.2. The number of aliphatic hydroxyl groups excluding tert-OH is 1. The summed E-state index contributed by atoms with van der Waals surface area (Å²) in [5.41, 5.74) is 5.19. The van der Waals surface area contributed by atoms with Gasteiger partial charge in [-0.15, -0.1) is 23.1 Å². The Balaban J connectivity index is 0.00000157. The highest BCUT2D eigenvalue weighted by Gasteiger charge is 2.43. The highest BCUT2D eigenvalue weighted by Crippen LogP contribution is 2.33. The minimum atomic E-state index is -1.31. The molecule has 0 aromatic carbocycles. The van der Waals surface area contributed by atoms with Crippen molar-refractivity contribution in [2.24, 2.45) is 28.9 Å². The lowest BCUT2D eigenvalue weighted by molar-refractivity contribution is -0.157. The molecule has 8 N–H and O–H groups in total. The summed E-state index contributed by atoms with van der Waals surface area (Å²) in [5.74, 6) is -6.55. The first-order valence-electron chi connectivity index (χ1n) is 19.3. The highest BCUT2D eigenvalue weighted by molar-refractivity contribution is 8.00. The van der Waals surface area contributed by atoms with Crippen LogP contribution in [-0.4, -0.2) is 111 Å². The number of nitrogens with two attached hydrogens (primary N) is 1. The largest absolute Gasteiger partial charge is 0.480 e. The van der Waals surface area contributed by atoms with Gasteiger partial charge in [0.05, 0.1) is 40.3 Å². The standard InChI is InChI=1S/C32H54N4O11S.C7H9NS/c1-18-8-6-10-19(2)28(20(3)29(43)32(4,5)23(37)14-25(39)34-13-7-9-18)47-27(42)17-48-16-22(30(44)35-15-26(40)41)36-24(38)12-11-21(33)31(45)46;1-3-4-7-5-9-6(2)8-7/h18-23,28,37H,6-17,33H2,1-5H3,(H,34,39)(H,35,44)(H,36,38)(H,40,41)(H,45,46);3-5H,1-2H3/b;4-3-/t18?,19?,20?,21?,22?,23?,28-;/m0./s1. The molecule has 1 saturated heterocycles. The third-order valence-corrected chi connectivity index (χ3v) is 11.5. The van der Waals surface area contributed by atoms with E-state index in [0.29, 0.717) is 18.9 Å². The van der Waals surface area contributed by atoms with E-state index in [0.717, 1.165) is 48.1 Å². The number of hydrogen-bond donors (Lipinski definition) is 7. The number of thioether (sulfide) groups is 1. The zero-order chi connectivity index (χ0) is 43.3. The Kier molecular flexibility index (Phi) is 23.5. The van der Waals surface area contributed by atoms with E-state index in [4.69, 9.17) is 20.7 Å². The molecule has 2 rings (SSSR count). The van der Waals surface area contributed by atoms with Gasteiger partial charge in [0.2, 0.25) is 17.7 Å². The van der Waals surface area contributed by atoms with Crippen molar-refractivity contribution in [1.29, 1.82) is 0 Å². The molecule has 1 aliphatic heterocycles. The second-order valence-electron chi connectivity index (χ2n) is 15.1. The zero-order valence-corrected chi connectivity index (χ0v) is 35.8. The molecule has 7 atom stereocenters. The van der Waals surface area contributed by atoms with Gasteiger partial charge in [-0.05, 0) is 57.4 Å². The molecule has 0 aliphatic carbocycles. The number of amides is 3. The fourth-order valence-electron chi connectivity index (χ4n) is 6.11. The molecule has 0 spiro atoms. The number of nitrogens with zero attached hydrogens (tertiary/aromatic N) is 1. The van der Waals surface area contributed by atoms with Gasteiger partial charge in [0.25, 0.3) is 0 Å². The summed E-state index contributed by atoms with van der Waals surface area (Å²) in [5, 5.41) is 39.3. The van der Waals surface area contributed by atoms with E-state index in [-0.39, 0.29) is 48.4 Å². The van der Waals surface area contributed by atoms with E-state index in [1.807, 2.05) is 32.9 Å². The van der Waals surface area contributed by atoms with E-state index in [9.17, 15) is 38.7 Å². The summed E-state index contributed by atoms with van der Waals surface area (Å²) in [6.07, 6.45) is 5.27. The molecule has 3 amide bonds. The normalized spacial score (nSPS) is 23.2. The summed E-state index contributed by atoms with van der Waals surface area (Å²) < 4.78 is 5.88. The molecule has 1 aromatic rings. The molecule has 1 fully saturated rings. The first-order valence-corrected chi connectivity index (χ1v) is 21.3. The van der Waals surface area contributed by atoms with Crippen LogP contribution in [0.5, 0.6) is 0 Å². The number of Topliss-reactive ketones (excluding diaryl/α,β-unsaturated/α-hetero) is 1. The minimum Gasteiger partial charge on any atom is -0.480 e. The topological polar surface area (TPSA) is 264 Å². The zero-order valence-electron chi connectivity index (χ0n) is 34.2. The average molecular weight is 842 g/mol. The molecule has 322 valence electrons. The van der Waals surface area contributed by atoms with Crippen LogP contribution in [0.4, 0.5) is 0 Å². The van der Waals surface area contributed by atoms with Gasteiger partial charge in [0.15, 0.2) is 0 Å². The van der Waals surface area contributed by atoms with Gasteiger partial charge in [-0.1, -0.05) is 53.5 Å². The van der Waals surface area contributed by atoms with E-state index >= 15 is 0 Å². The van der Waals surface area contributed by atoms with Crippen LogP contribution in [0, 0.1) is 30.1 Å². The number of aryl methyl sites for hydroxylation is 1. The molecule has 2 heterocycles. The Morgan fingerprint density at radius 3 is 2.39 bits per heavy atom. The average Bonchev–Trinajstić information content (AvgIpc) is 3.56. The van der Waals surface area contributed by atoms with Crippen LogP contribution in [0.15, 0.2) is 11.5 Å². The molecule has 1 aliphatic rings. The predicted molar refractivity (Wildman–Crippen MR) is 219 cm³/mol. The van der Waals surface area contributed by atoms with Gasteiger partial charge < -0.3 is 41.7 Å². The fourth-order valence-corrected chi connectivity index (χ4v) is 7.51. The number of esters is 1. The van der Waals surface area contributed by atoms with Crippen LogP contribution in [-0.2, 0) is 38.3 Å². The van der Waals surface area contributed by atoms with Crippen LogP contribution >= 0.6 is 23.1 Å².